The van der Waals surface area contributed by atoms with Gasteiger partial charge >= 0.3 is 0 Å². The second-order valence-electron chi connectivity index (χ2n) is 4.64. The quantitative estimate of drug-likeness (QED) is 0.906. The summed E-state index contributed by atoms with van der Waals surface area (Å²) in [5.41, 5.74) is 9.27. The Kier molecular flexibility index (Phi) is 3.48. The smallest absolute Gasteiger partial charge is 0.123 e. The Morgan fingerprint density at radius 1 is 1.22 bits per heavy atom. The number of aryl methyl sites for hydroxylation is 1. The molecule has 1 aromatic carbocycles. The number of hydrogen-bond donors (Lipinski definition) is 1. The molecule has 2 unspecified atom stereocenters. The van der Waals surface area contributed by atoms with Gasteiger partial charge < -0.3 is 10.3 Å². The van der Waals surface area contributed by atoms with Crippen LogP contribution in [0.25, 0.3) is 0 Å². The molecule has 4 heteroatoms. The number of hydrogen-bond acceptors (Lipinski definition) is 2. The number of nitrogens with two attached hydrogens (primary N) is 1. The van der Waals surface area contributed by atoms with E-state index in [9.17, 15) is 4.39 Å². The zero-order chi connectivity index (χ0) is 13.3. The van der Waals surface area contributed by atoms with E-state index in [0.717, 1.165) is 17.0 Å². The summed E-state index contributed by atoms with van der Waals surface area (Å²) in [6, 6.07) is 6.24. The van der Waals surface area contributed by atoms with E-state index in [2.05, 4.69) is 9.55 Å². The van der Waals surface area contributed by atoms with Gasteiger partial charge in [-0.15, -0.1) is 0 Å². The first-order chi connectivity index (χ1) is 8.50. The molecule has 0 aliphatic heterocycles. The molecule has 2 N–H and O–H groups in total. The van der Waals surface area contributed by atoms with E-state index < -0.39 is 0 Å². The van der Waals surface area contributed by atoms with Crippen LogP contribution in [0.4, 0.5) is 4.39 Å². The summed E-state index contributed by atoms with van der Waals surface area (Å²) < 4.78 is 14.9. The van der Waals surface area contributed by atoms with Gasteiger partial charge in [-0.05, 0) is 38.5 Å². The lowest BCUT2D eigenvalue weighted by Gasteiger charge is -2.23. The fourth-order valence-electron chi connectivity index (χ4n) is 2.06. The number of nitrogens with zero attached hydrogens (tertiary/aromatic N) is 2. The summed E-state index contributed by atoms with van der Waals surface area (Å²) in [6.07, 6.45) is 1.80. The minimum absolute atomic E-state index is 0.0802. The number of benzene rings is 1. The SMILES string of the molecule is Cc1ncn(C(C)C(N)c2ccc(F)cc2)c1C. The maximum absolute atomic E-state index is 12.9. The molecule has 0 saturated heterocycles. The molecular formula is C14H18FN3. The van der Waals surface area contributed by atoms with Gasteiger partial charge in [-0.2, -0.15) is 0 Å². The van der Waals surface area contributed by atoms with E-state index in [4.69, 9.17) is 5.73 Å². The van der Waals surface area contributed by atoms with Crippen LogP contribution in [0, 0.1) is 19.7 Å². The Bertz CT molecular complexity index is 530. The molecular weight excluding hydrogens is 229 g/mol. The van der Waals surface area contributed by atoms with Gasteiger partial charge in [0.15, 0.2) is 0 Å². The maximum Gasteiger partial charge on any atom is 0.123 e. The minimum atomic E-state index is -0.242. The van der Waals surface area contributed by atoms with Crippen molar-refractivity contribution in [2.45, 2.75) is 32.9 Å². The van der Waals surface area contributed by atoms with Crippen molar-refractivity contribution in [2.24, 2.45) is 5.73 Å². The highest BCUT2D eigenvalue weighted by Gasteiger charge is 2.18. The van der Waals surface area contributed by atoms with E-state index >= 15 is 0 Å². The topological polar surface area (TPSA) is 43.8 Å². The molecule has 0 spiro atoms. The van der Waals surface area contributed by atoms with E-state index in [-0.39, 0.29) is 17.9 Å². The molecule has 1 aromatic heterocycles. The molecule has 0 bridgehead atoms. The van der Waals surface area contributed by atoms with Crippen molar-refractivity contribution in [3.05, 3.63) is 53.4 Å². The summed E-state index contributed by atoms with van der Waals surface area (Å²) in [5, 5.41) is 0. The Morgan fingerprint density at radius 2 is 1.83 bits per heavy atom. The molecule has 0 aliphatic carbocycles. The van der Waals surface area contributed by atoms with Crippen molar-refractivity contribution in [1.29, 1.82) is 0 Å². The average molecular weight is 247 g/mol. The second kappa shape index (κ2) is 4.90. The summed E-state index contributed by atoms with van der Waals surface area (Å²) in [5.74, 6) is -0.242. The molecule has 2 rings (SSSR count). The molecule has 1 heterocycles. The first-order valence-electron chi connectivity index (χ1n) is 6.01. The van der Waals surface area contributed by atoms with Crippen molar-refractivity contribution in [3.63, 3.8) is 0 Å². The lowest BCUT2D eigenvalue weighted by molar-refractivity contribution is 0.445. The lowest BCUT2D eigenvalue weighted by atomic mass is 10.0. The fourth-order valence-corrected chi connectivity index (χ4v) is 2.06. The normalized spacial score (nSPS) is 14.5. The first-order valence-corrected chi connectivity index (χ1v) is 6.01. The Morgan fingerprint density at radius 3 is 2.33 bits per heavy atom. The first kappa shape index (κ1) is 12.8. The molecule has 0 amide bonds. The zero-order valence-corrected chi connectivity index (χ0v) is 10.9. The van der Waals surface area contributed by atoms with Crippen LogP contribution in [0.2, 0.25) is 0 Å². The minimum Gasteiger partial charge on any atom is -0.330 e. The van der Waals surface area contributed by atoms with Crippen molar-refractivity contribution < 1.29 is 4.39 Å². The van der Waals surface area contributed by atoms with Crippen molar-refractivity contribution >= 4 is 0 Å². The molecule has 18 heavy (non-hydrogen) atoms. The second-order valence-corrected chi connectivity index (χ2v) is 4.64. The van der Waals surface area contributed by atoms with Crippen LogP contribution in [-0.2, 0) is 0 Å². The highest BCUT2D eigenvalue weighted by molar-refractivity contribution is 5.21. The Balaban J connectivity index is 2.26. The molecule has 0 aliphatic rings. The Labute approximate surface area is 106 Å². The van der Waals surface area contributed by atoms with Crippen LogP contribution < -0.4 is 5.73 Å². The predicted molar refractivity (Wildman–Crippen MR) is 69.7 cm³/mol. The van der Waals surface area contributed by atoms with E-state index in [1.165, 1.54) is 12.1 Å². The van der Waals surface area contributed by atoms with Crippen LogP contribution in [0.1, 0.15) is 36.0 Å². The van der Waals surface area contributed by atoms with Crippen molar-refractivity contribution in [1.82, 2.24) is 9.55 Å². The van der Waals surface area contributed by atoms with E-state index in [0.29, 0.717) is 0 Å². The third-order valence-corrected chi connectivity index (χ3v) is 3.50. The third-order valence-electron chi connectivity index (χ3n) is 3.50. The molecule has 0 saturated carbocycles. The summed E-state index contributed by atoms with van der Waals surface area (Å²) in [7, 11) is 0. The molecule has 3 nitrogen and oxygen atoms in total. The van der Waals surface area contributed by atoms with Crippen molar-refractivity contribution in [2.75, 3.05) is 0 Å². The summed E-state index contributed by atoms with van der Waals surface area (Å²) >= 11 is 0. The number of rotatable bonds is 3. The molecule has 2 aromatic rings. The average Bonchev–Trinajstić information content (AvgIpc) is 2.69. The summed E-state index contributed by atoms with van der Waals surface area (Å²) in [4.78, 5) is 4.27. The Hall–Kier alpha value is -1.68. The monoisotopic (exact) mass is 247 g/mol. The third kappa shape index (κ3) is 2.29. The van der Waals surface area contributed by atoms with Crippen LogP contribution in [-0.4, -0.2) is 9.55 Å². The fraction of sp³-hybridized carbons (Fsp3) is 0.357. The molecule has 2 atom stereocenters. The van der Waals surface area contributed by atoms with E-state index in [1.54, 1.807) is 18.5 Å². The van der Waals surface area contributed by atoms with Crippen molar-refractivity contribution in [3.8, 4) is 0 Å². The van der Waals surface area contributed by atoms with Gasteiger partial charge in [0.2, 0.25) is 0 Å². The standard InChI is InChI=1S/C14H18FN3/c1-9-10(2)18(8-17-9)11(3)14(16)12-4-6-13(15)7-5-12/h4-8,11,14H,16H2,1-3H3. The zero-order valence-electron chi connectivity index (χ0n) is 10.9. The highest BCUT2D eigenvalue weighted by Crippen LogP contribution is 2.25. The number of halogens is 1. The van der Waals surface area contributed by atoms with Crippen LogP contribution in [0.15, 0.2) is 30.6 Å². The van der Waals surface area contributed by atoms with Gasteiger partial charge in [-0.1, -0.05) is 12.1 Å². The van der Waals surface area contributed by atoms with Gasteiger partial charge in [-0.3, -0.25) is 0 Å². The van der Waals surface area contributed by atoms with E-state index in [1.807, 2.05) is 20.8 Å². The van der Waals surface area contributed by atoms with Crippen LogP contribution >= 0.6 is 0 Å². The van der Waals surface area contributed by atoms with Gasteiger partial charge in [0.1, 0.15) is 5.82 Å². The molecule has 96 valence electrons. The van der Waals surface area contributed by atoms with Crippen LogP contribution in [0.3, 0.4) is 0 Å². The molecule has 0 fully saturated rings. The highest BCUT2D eigenvalue weighted by atomic mass is 19.1. The maximum atomic E-state index is 12.9. The lowest BCUT2D eigenvalue weighted by Crippen LogP contribution is -2.22. The molecule has 0 radical (unpaired) electrons. The van der Waals surface area contributed by atoms with Gasteiger partial charge in [0.25, 0.3) is 0 Å². The predicted octanol–water partition coefficient (Wildman–Crippen LogP) is 2.90. The van der Waals surface area contributed by atoms with Crippen LogP contribution in [0.5, 0.6) is 0 Å². The van der Waals surface area contributed by atoms with Gasteiger partial charge in [-0.25, -0.2) is 9.37 Å². The number of imidazole rings is 1. The van der Waals surface area contributed by atoms with Gasteiger partial charge in [0, 0.05) is 5.69 Å². The largest absolute Gasteiger partial charge is 0.330 e. The van der Waals surface area contributed by atoms with Gasteiger partial charge in [0.05, 0.1) is 24.1 Å². The summed E-state index contributed by atoms with van der Waals surface area (Å²) in [6.45, 7) is 6.04. The number of aromatic nitrogens is 2.